The molecule has 100 heavy (non-hydrogen) atoms. The summed E-state index contributed by atoms with van der Waals surface area (Å²) < 4.78 is 0. The van der Waals surface area contributed by atoms with Gasteiger partial charge < -0.3 is 9.80 Å². The predicted molar refractivity (Wildman–Crippen MR) is 433 cm³/mol. The van der Waals surface area contributed by atoms with E-state index in [1.54, 1.807) is 0 Å². The molecule has 0 saturated carbocycles. The standard InChI is InChI=1S/C98H82N2/c1-72-22-52-89(53-23-72)98(90-54-24-73(2)25-55-90)21-13-15-78-32-36-80(37-33-78)39-42-83-50-68-95(69-51-83)100(92-62-28-75(4)29-63-92)96-70-58-86(59-71-96)76(5)85-56-44-81(45-57-85)40-43-84-48-66-94(67-49-84)99(91-60-26-74(3)27-61-91)93-64-46-82(47-65-93)41-38-79-34-30-77(31-35-79)14-12-20-97(87-16-8-6-9-17-87)88-18-10-7-11-19-88/h6-71,76H,1-5H3/b14-12?,15-13+,41-38+,42-39?,43-40?. The molecule has 13 aromatic rings. The van der Waals surface area contributed by atoms with Crippen LogP contribution in [0.1, 0.15) is 113 Å². The van der Waals surface area contributed by atoms with Gasteiger partial charge in [-0.25, -0.2) is 0 Å². The summed E-state index contributed by atoms with van der Waals surface area (Å²) in [6.07, 6.45) is 26.2. The molecule has 0 aliphatic rings. The summed E-state index contributed by atoms with van der Waals surface area (Å²) in [6.45, 7) is 10.8. The molecule has 0 aromatic heterocycles. The van der Waals surface area contributed by atoms with Gasteiger partial charge in [0.2, 0.25) is 0 Å². The second-order valence-electron chi connectivity index (χ2n) is 25.8. The van der Waals surface area contributed by atoms with Gasteiger partial charge in [0.05, 0.1) is 0 Å². The molecule has 484 valence electrons. The lowest BCUT2D eigenvalue weighted by Gasteiger charge is -2.26. The molecule has 0 fully saturated rings. The zero-order valence-corrected chi connectivity index (χ0v) is 57.6. The third-order valence-corrected chi connectivity index (χ3v) is 18.4. The van der Waals surface area contributed by atoms with Gasteiger partial charge in [-0.3, -0.25) is 0 Å². The van der Waals surface area contributed by atoms with Crippen molar-refractivity contribution in [1.29, 1.82) is 0 Å². The van der Waals surface area contributed by atoms with E-state index >= 15 is 0 Å². The van der Waals surface area contributed by atoms with E-state index < -0.39 is 0 Å². The number of allylic oxidation sites excluding steroid dienone is 4. The number of hydrogen-bond donors (Lipinski definition) is 0. The van der Waals surface area contributed by atoms with Crippen molar-refractivity contribution in [2.45, 2.75) is 40.5 Å². The van der Waals surface area contributed by atoms with Gasteiger partial charge in [0.1, 0.15) is 0 Å². The van der Waals surface area contributed by atoms with Crippen molar-refractivity contribution in [3.63, 3.8) is 0 Å². The second kappa shape index (κ2) is 32.1. The Morgan fingerprint density at radius 1 is 0.220 bits per heavy atom. The Morgan fingerprint density at radius 2 is 0.420 bits per heavy atom. The van der Waals surface area contributed by atoms with E-state index in [0.29, 0.717) is 0 Å². The van der Waals surface area contributed by atoms with Crippen molar-refractivity contribution in [3.8, 4) is 0 Å². The first-order chi connectivity index (χ1) is 49.1. The molecule has 0 aliphatic heterocycles. The lowest BCUT2D eigenvalue weighted by Crippen LogP contribution is -2.10. The summed E-state index contributed by atoms with van der Waals surface area (Å²) in [4.78, 5) is 4.67. The molecule has 1 atom stereocenters. The highest BCUT2D eigenvalue weighted by Crippen LogP contribution is 2.39. The molecule has 0 bridgehead atoms. The van der Waals surface area contributed by atoms with Crippen LogP contribution >= 0.6 is 0 Å². The molecule has 0 aliphatic carbocycles. The van der Waals surface area contributed by atoms with Crippen LogP contribution in [0.5, 0.6) is 0 Å². The first kappa shape index (κ1) is 66.3. The first-order valence-electron chi connectivity index (χ1n) is 34.6. The average Bonchev–Trinajstić information content (AvgIpc) is 0.846. The fourth-order valence-electron chi connectivity index (χ4n) is 12.4. The maximum absolute atomic E-state index is 2.34. The minimum atomic E-state index is 0.209. The van der Waals surface area contributed by atoms with Gasteiger partial charge >= 0.3 is 0 Å². The lowest BCUT2D eigenvalue weighted by atomic mass is 9.92. The largest absolute Gasteiger partial charge is 0.311 e. The second-order valence-corrected chi connectivity index (χ2v) is 25.8. The summed E-state index contributed by atoms with van der Waals surface area (Å²) in [5.41, 5.74) is 30.5. The molecule has 2 nitrogen and oxygen atoms in total. The van der Waals surface area contributed by atoms with E-state index in [2.05, 4.69) is 445 Å². The maximum atomic E-state index is 2.34. The summed E-state index contributed by atoms with van der Waals surface area (Å²) in [6, 6.07) is 118. The molecule has 1 unspecified atom stereocenters. The highest BCUT2D eigenvalue weighted by atomic mass is 15.1. The monoisotopic (exact) mass is 1290 g/mol. The molecular weight excluding hydrogens is 1210 g/mol. The van der Waals surface area contributed by atoms with Crippen LogP contribution < -0.4 is 9.80 Å². The Balaban J connectivity index is 0.629. The third kappa shape index (κ3) is 17.2. The Kier molecular flexibility index (Phi) is 21.3. The number of aryl methyl sites for hydroxylation is 4. The van der Waals surface area contributed by atoms with Gasteiger partial charge in [0.15, 0.2) is 0 Å². The molecular formula is C98H82N2. The van der Waals surface area contributed by atoms with E-state index in [1.165, 1.54) is 66.8 Å². The minimum Gasteiger partial charge on any atom is -0.311 e. The van der Waals surface area contributed by atoms with Crippen LogP contribution in [0, 0.1) is 27.7 Å². The van der Waals surface area contributed by atoms with Crippen molar-refractivity contribution in [3.05, 3.63) is 452 Å². The number of nitrogens with zero attached hydrogens (tertiary/aromatic N) is 2. The third-order valence-electron chi connectivity index (χ3n) is 18.4. The molecule has 0 saturated heterocycles. The van der Waals surface area contributed by atoms with Gasteiger partial charge in [0, 0.05) is 40.0 Å². The zero-order valence-electron chi connectivity index (χ0n) is 57.6. The summed E-state index contributed by atoms with van der Waals surface area (Å²) in [7, 11) is 0. The number of anilines is 6. The topological polar surface area (TPSA) is 6.48 Å². The quantitative estimate of drug-likeness (QED) is 0.0493. The predicted octanol–water partition coefficient (Wildman–Crippen LogP) is 26.8. The van der Waals surface area contributed by atoms with E-state index in [1.807, 2.05) is 0 Å². The lowest BCUT2D eigenvalue weighted by molar-refractivity contribution is 0.922. The smallest absolute Gasteiger partial charge is 0.0462 e. The molecule has 0 radical (unpaired) electrons. The van der Waals surface area contributed by atoms with E-state index in [-0.39, 0.29) is 5.92 Å². The van der Waals surface area contributed by atoms with Crippen molar-refractivity contribution in [2.75, 3.05) is 9.80 Å². The SMILES string of the molecule is Cc1ccc(C(=C/C=C/c2ccc(C=Cc3ccc(N(c4ccc(C)cc4)c4ccc(C(C)c5ccc(C=Cc6ccc(N(c7ccc(C)cc7)c7ccc(/C=C/c8ccc(C=CC=C(c9ccccc9)c9ccccc9)cc8)cc7)cc6)cc5)cc4)cc3)cc2)c2ccc(C)cc2)cc1. The van der Waals surface area contributed by atoms with E-state index in [0.717, 1.165) is 78.6 Å². The van der Waals surface area contributed by atoms with Crippen molar-refractivity contribution in [2.24, 2.45) is 0 Å². The Hall–Kier alpha value is -12.4. The van der Waals surface area contributed by atoms with Crippen LogP contribution in [0.15, 0.2) is 352 Å². The molecule has 2 heteroatoms. The van der Waals surface area contributed by atoms with Crippen molar-refractivity contribution >= 4 is 93.9 Å². The molecule has 0 heterocycles. The molecule has 13 rings (SSSR count). The van der Waals surface area contributed by atoms with E-state index in [9.17, 15) is 0 Å². The van der Waals surface area contributed by atoms with Crippen molar-refractivity contribution in [1.82, 2.24) is 0 Å². The minimum absolute atomic E-state index is 0.209. The number of rotatable bonds is 22. The molecule has 0 amide bonds. The molecule has 0 spiro atoms. The van der Waals surface area contributed by atoms with E-state index in [4.69, 9.17) is 0 Å². The van der Waals surface area contributed by atoms with Gasteiger partial charge in [-0.15, -0.1) is 0 Å². The summed E-state index contributed by atoms with van der Waals surface area (Å²) >= 11 is 0. The highest BCUT2D eigenvalue weighted by Gasteiger charge is 2.17. The number of hydrogen-bond acceptors (Lipinski definition) is 2. The first-order valence-corrected chi connectivity index (χ1v) is 34.6. The highest BCUT2D eigenvalue weighted by molar-refractivity contribution is 5.85. The van der Waals surface area contributed by atoms with Crippen LogP contribution in [0.2, 0.25) is 0 Å². The van der Waals surface area contributed by atoms with Crippen LogP contribution in [-0.2, 0) is 0 Å². The van der Waals surface area contributed by atoms with Crippen LogP contribution in [0.4, 0.5) is 34.1 Å². The Labute approximate surface area is 592 Å². The Bertz CT molecular complexity index is 4930. The Morgan fingerprint density at radius 3 is 0.700 bits per heavy atom. The number of benzene rings is 13. The summed E-state index contributed by atoms with van der Waals surface area (Å²) in [5, 5.41) is 0. The van der Waals surface area contributed by atoms with Crippen LogP contribution in [0.3, 0.4) is 0 Å². The van der Waals surface area contributed by atoms with Crippen LogP contribution in [-0.4, -0.2) is 0 Å². The average molecular weight is 1290 g/mol. The van der Waals surface area contributed by atoms with Gasteiger partial charge in [-0.1, -0.05) is 357 Å². The van der Waals surface area contributed by atoms with Crippen molar-refractivity contribution < 1.29 is 0 Å². The fourth-order valence-corrected chi connectivity index (χ4v) is 12.4. The van der Waals surface area contributed by atoms with Crippen LogP contribution in [0.25, 0.3) is 59.8 Å². The maximum Gasteiger partial charge on any atom is 0.0462 e. The normalized spacial score (nSPS) is 11.8. The van der Waals surface area contributed by atoms with Gasteiger partial charge in [-0.05, 0) is 190 Å². The zero-order chi connectivity index (χ0) is 68.4. The summed E-state index contributed by atoms with van der Waals surface area (Å²) in [5.74, 6) is 0.209. The molecule has 13 aromatic carbocycles. The fraction of sp³-hybridized carbons (Fsp3) is 0.0612. The van der Waals surface area contributed by atoms with Gasteiger partial charge in [-0.2, -0.15) is 0 Å². The molecule has 0 N–H and O–H groups in total. The van der Waals surface area contributed by atoms with Gasteiger partial charge in [0.25, 0.3) is 0 Å².